The van der Waals surface area contributed by atoms with Crippen LogP contribution in [0.3, 0.4) is 0 Å². The second kappa shape index (κ2) is 11.4. The van der Waals surface area contributed by atoms with E-state index in [0.717, 1.165) is 6.04 Å². The Balaban J connectivity index is 2.55. The number of benzene rings is 2. The topological polar surface area (TPSA) is 68.3 Å². The van der Waals surface area contributed by atoms with Crippen LogP contribution in [-0.4, -0.2) is 29.2 Å². The van der Waals surface area contributed by atoms with E-state index >= 15 is 4.39 Å². The molecule has 0 aliphatic carbocycles. The molecule has 192 valence electrons. The van der Waals surface area contributed by atoms with Gasteiger partial charge in [0.25, 0.3) is 0 Å². The maximum atomic E-state index is 16.5. The summed E-state index contributed by atoms with van der Waals surface area (Å²) in [6.45, 7) is 13.4. The summed E-state index contributed by atoms with van der Waals surface area (Å²) in [5, 5.41) is 0. The van der Waals surface area contributed by atoms with Gasteiger partial charge >= 0.3 is 4.33 Å². The largest absolute Gasteiger partial charge is 0.321 e. The van der Waals surface area contributed by atoms with Gasteiger partial charge in [-0.3, -0.25) is 0 Å². The Morgan fingerprint density at radius 3 is 1.46 bits per heavy atom. The molecule has 0 amide bonds. The van der Waals surface area contributed by atoms with Crippen molar-refractivity contribution in [2.45, 2.75) is 84.8 Å². The normalized spacial score (nSPS) is 13.2. The Morgan fingerprint density at radius 2 is 1.11 bits per heavy atom. The fourth-order valence-corrected chi connectivity index (χ4v) is 15.1. The van der Waals surface area contributed by atoms with E-state index in [1.165, 1.54) is 54.6 Å². The summed E-state index contributed by atoms with van der Waals surface area (Å²) in [6, 6.07) is 14.5. The van der Waals surface area contributed by atoms with Crippen molar-refractivity contribution in [3.63, 3.8) is 0 Å². The fourth-order valence-electron chi connectivity index (χ4n) is 5.12. The predicted molar refractivity (Wildman–Crippen MR) is 144 cm³/mol. The average molecular weight is 537 g/mol. The molecule has 0 saturated heterocycles. The van der Waals surface area contributed by atoms with Gasteiger partial charge in [-0.15, -0.1) is 5.73 Å². The highest BCUT2D eigenvalue weighted by atomic mass is 32.3. The van der Waals surface area contributed by atoms with Crippen molar-refractivity contribution in [2.24, 2.45) is 0 Å². The van der Waals surface area contributed by atoms with E-state index in [9.17, 15) is 16.8 Å². The molecular weight excluding hydrogens is 500 g/mol. The number of sulfone groups is 2. The summed E-state index contributed by atoms with van der Waals surface area (Å²) < 4.78 is 66.4. The molecule has 2 rings (SSSR count). The Bertz CT molecular complexity index is 1160. The molecule has 0 unspecified atom stereocenters. The highest BCUT2D eigenvalue weighted by molar-refractivity contribution is 8.10. The number of rotatable bonds is 11. The third kappa shape index (κ3) is 5.56. The quantitative estimate of drug-likeness (QED) is 0.223. The summed E-state index contributed by atoms with van der Waals surface area (Å²) in [6.07, 6.45) is 2.18. The third-order valence-electron chi connectivity index (χ3n) is 7.17. The summed E-state index contributed by atoms with van der Waals surface area (Å²) in [7, 11) is -11.6. The van der Waals surface area contributed by atoms with Gasteiger partial charge in [0.1, 0.15) is 0 Å². The molecule has 2 aromatic rings. The lowest BCUT2D eigenvalue weighted by Gasteiger charge is -2.42. The minimum atomic E-state index is -4.89. The molecule has 0 radical (unpaired) electrons. The van der Waals surface area contributed by atoms with Crippen LogP contribution in [0.15, 0.2) is 88.3 Å². The van der Waals surface area contributed by atoms with Gasteiger partial charge in [-0.1, -0.05) is 94.6 Å². The van der Waals surface area contributed by atoms with Crippen LogP contribution in [0.5, 0.6) is 0 Å². The van der Waals surface area contributed by atoms with Gasteiger partial charge < -0.3 is 0 Å². The molecule has 0 saturated carbocycles. The van der Waals surface area contributed by atoms with Crippen molar-refractivity contribution in [1.82, 2.24) is 0 Å². The summed E-state index contributed by atoms with van der Waals surface area (Å²) in [5.74, 6) is 0. The van der Waals surface area contributed by atoms with E-state index in [-0.39, 0.29) is 9.79 Å². The third-order valence-corrected chi connectivity index (χ3v) is 19.6. The van der Waals surface area contributed by atoms with E-state index in [0.29, 0.717) is 16.6 Å². The number of hydrogen-bond donors (Lipinski definition) is 0. The van der Waals surface area contributed by atoms with Crippen LogP contribution in [0.25, 0.3) is 0 Å². The minimum absolute atomic E-state index is 0.384. The lowest BCUT2D eigenvalue weighted by Crippen LogP contribution is -2.43. The van der Waals surface area contributed by atoms with Crippen LogP contribution < -0.4 is 0 Å². The molecule has 4 nitrogen and oxygen atoms in total. The van der Waals surface area contributed by atoms with Crippen LogP contribution >= 0.6 is 0 Å². The predicted octanol–water partition coefficient (Wildman–Crippen LogP) is 7.34. The van der Waals surface area contributed by atoms with E-state index in [1.54, 1.807) is 12.1 Å². The Morgan fingerprint density at radius 1 is 0.743 bits per heavy atom. The Hall–Kier alpha value is -1.99. The number of allylic oxidation sites excluding steroid dienone is 1. The number of halogens is 1. The van der Waals surface area contributed by atoms with Crippen LogP contribution in [0.4, 0.5) is 4.39 Å². The molecule has 0 aliphatic heterocycles. The molecule has 0 fully saturated rings. The second-order valence-corrected chi connectivity index (χ2v) is 20.5. The monoisotopic (exact) mass is 536 g/mol. The van der Waals surface area contributed by atoms with Crippen LogP contribution in [-0.2, 0) is 19.7 Å². The van der Waals surface area contributed by atoms with Crippen LogP contribution in [0.2, 0.25) is 22.7 Å². The van der Waals surface area contributed by atoms with E-state index < -0.39 is 38.5 Å². The molecule has 0 aromatic heterocycles. The van der Waals surface area contributed by atoms with Crippen molar-refractivity contribution in [2.75, 3.05) is 0 Å². The van der Waals surface area contributed by atoms with Crippen molar-refractivity contribution in [1.29, 1.82) is 0 Å². The van der Waals surface area contributed by atoms with E-state index in [4.69, 9.17) is 0 Å². The zero-order chi connectivity index (χ0) is 26.5. The first kappa shape index (κ1) is 29.2. The van der Waals surface area contributed by atoms with Gasteiger partial charge in [-0.05, 0) is 42.5 Å². The van der Waals surface area contributed by atoms with Gasteiger partial charge in [0, 0.05) is 6.42 Å². The van der Waals surface area contributed by atoms with Crippen molar-refractivity contribution >= 4 is 27.7 Å². The number of alkyl halides is 1. The molecule has 2 aromatic carbocycles. The molecule has 0 bridgehead atoms. The highest BCUT2D eigenvalue weighted by Gasteiger charge is 2.56. The van der Waals surface area contributed by atoms with Crippen LogP contribution in [0, 0.1) is 0 Å². The fraction of sp³-hybridized carbons (Fsp3) is 0.444. The molecule has 0 N–H and O–H groups in total. The maximum Gasteiger partial charge on any atom is 0.321 e. The summed E-state index contributed by atoms with van der Waals surface area (Å²) in [4.78, 5) is -0.768. The van der Waals surface area contributed by atoms with E-state index in [2.05, 4.69) is 47.3 Å². The lowest BCUT2D eigenvalue weighted by molar-refractivity contribution is 0.358. The summed E-state index contributed by atoms with van der Waals surface area (Å²) in [5.41, 5.74) is 4.46. The average Bonchev–Trinajstić information content (AvgIpc) is 2.81. The maximum absolute atomic E-state index is 16.5. The first-order valence-electron chi connectivity index (χ1n) is 11.9. The zero-order valence-corrected chi connectivity index (χ0v) is 24.0. The molecule has 0 atom stereocenters. The van der Waals surface area contributed by atoms with Crippen LogP contribution in [0.1, 0.15) is 48.0 Å². The Labute approximate surface area is 211 Å². The molecule has 0 heterocycles. The van der Waals surface area contributed by atoms with Gasteiger partial charge in [0.2, 0.25) is 19.7 Å². The summed E-state index contributed by atoms with van der Waals surface area (Å²) >= 11 is 0. The lowest BCUT2D eigenvalue weighted by atomic mass is 10.4. The molecular formula is C27H37FO4S2Si. The smallest absolute Gasteiger partial charge is 0.219 e. The minimum Gasteiger partial charge on any atom is -0.219 e. The Kier molecular flexibility index (Phi) is 9.50. The molecule has 0 aliphatic rings. The molecule has 35 heavy (non-hydrogen) atoms. The van der Waals surface area contributed by atoms with Gasteiger partial charge in [-0.2, -0.15) is 0 Å². The zero-order valence-electron chi connectivity index (χ0n) is 21.4. The molecule has 0 spiro atoms. The van der Waals surface area contributed by atoms with Gasteiger partial charge in [0.15, 0.2) is 0 Å². The first-order chi connectivity index (χ1) is 16.2. The van der Waals surface area contributed by atoms with Gasteiger partial charge in [0.05, 0.1) is 17.9 Å². The SMILES string of the molecule is CC(C)[Si](CC=C=CCC(F)(S(=O)(=O)c1ccccc1)S(=O)(=O)c1ccccc1)(C(C)C)C(C)C. The molecule has 8 heteroatoms. The van der Waals surface area contributed by atoms with Crippen molar-refractivity contribution < 1.29 is 21.2 Å². The van der Waals surface area contributed by atoms with E-state index in [1.807, 2.05) is 6.08 Å². The van der Waals surface area contributed by atoms with Crippen molar-refractivity contribution in [3.05, 3.63) is 78.5 Å². The van der Waals surface area contributed by atoms with Crippen molar-refractivity contribution in [3.8, 4) is 0 Å². The first-order valence-corrected chi connectivity index (χ1v) is 17.3. The van der Waals surface area contributed by atoms with Gasteiger partial charge in [-0.25, -0.2) is 21.2 Å². The number of hydrogen-bond acceptors (Lipinski definition) is 4. The second-order valence-electron chi connectivity index (χ2n) is 9.85. The standard InChI is InChI=1S/C27H37FO4S2Si/c1-22(2)35(23(3)4,24(5)6)21-15-9-14-20-27(28,33(29,30)25-16-10-7-11-17-25)34(31,32)26-18-12-8-13-19-26/h7-8,10-19,22-24H,20-21H2,1-6H3. The highest BCUT2D eigenvalue weighted by Crippen LogP contribution is 2.44.